The number of ether oxygens (including phenoxy) is 2. The smallest absolute Gasteiger partial charge is 0.338 e. The van der Waals surface area contributed by atoms with Crippen LogP contribution in [0.3, 0.4) is 0 Å². The third kappa shape index (κ3) is 9.08. The van der Waals surface area contributed by atoms with Crippen LogP contribution in [0.2, 0.25) is 0 Å². The Morgan fingerprint density at radius 2 is 1.27 bits per heavy atom. The molecule has 2 radical (unpaired) electrons. The van der Waals surface area contributed by atoms with Gasteiger partial charge in [-0.25, -0.2) is 9.59 Å². The Labute approximate surface area is 182 Å². The van der Waals surface area contributed by atoms with E-state index in [4.69, 9.17) is 14.9 Å². The average molecular weight is 386 g/mol. The molecule has 0 saturated carbocycles. The van der Waals surface area contributed by atoms with Crippen molar-refractivity contribution in [2.24, 2.45) is 0 Å². The molecule has 0 fully saturated rings. The van der Waals surface area contributed by atoms with Gasteiger partial charge < -0.3 is 19.7 Å². The molecule has 0 aliphatic rings. The van der Waals surface area contributed by atoms with Crippen LogP contribution < -0.4 is 0 Å². The van der Waals surface area contributed by atoms with Gasteiger partial charge in [-0.2, -0.15) is 0 Å². The van der Waals surface area contributed by atoms with Gasteiger partial charge in [0.15, 0.2) is 0 Å². The van der Waals surface area contributed by atoms with Crippen LogP contribution in [0.25, 0.3) is 0 Å². The third-order valence-electron chi connectivity index (χ3n) is 3.12. The van der Waals surface area contributed by atoms with Crippen molar-refractivity contribution in [1.29, 1.82) is 0 Å². The number of hydrogen-bond donors (Lipinski definition) is 2. The van der Waals surface area contributed by atoms with Crippen LogP contribution in [-0.4, -0.2) is 73.6 Å². The molecule has 0 saturated heterocycles. The first-order valence-corrected chi connectivity index (χ1v) is 7.81. The van der Waals surface area contributed by atoms with Crippen molar-refractivity contribution >= 4 is 49.7 Å². The fourth-order valence-electron chi connectivity index (χ4n) is 1.71. The molecule has 0 aliphatic carbocycles. The van der Waals surface area contributed by atoms with Crippen molar-refractivity contribution < 1.29 is 29.3 Å². The first kappa shape index (κ1) is 24.2. The van der Waals surface area contributed by atoms with Crippen molar-refractivity contribution in [1.82, 2.24) is 0 Å². The minimum absolute atomic E-state index is 0. The van der Waals surface area contributed by atoms with Crippen molar-refractivity contribution in [2.75, 3.05) is 13.7 Å². The van der Waals surface area contributed by atoms with Crippen LogP contribution in [-0.2, 0) is 9.47 Å². The van der Waals surface area contributed by atoms with Gasteiger partial charge in [0, 0.05) is 37.7 Å². The van der Waals surface area contributed by atoms with Gasteiger partial charge in [-0.15, -0.1) is 0 Å². The zero-order valence-electron chi connectivity index (χ0n) is 15.0. The summed E-state index contributed by atoms with van der Waals surface area (Å²) in [5.74, 6) is -0.448. The van der Waals surface area contributed by atoms with E-state index in [2.05, 4.69) is 4.74 Å². The predicted octanol–water partition coefficient (Wildman–Crippen LogP) is 3.15. The summed E-state index contributed by atoms with van der Waals surface area (Å²) >= 11 is 0. The number of phenolic OH excluding ortho intramolecular Hbond substituents is 2. The number of phenols is 2. The maximum absolute atomic E-state index is 11.3. The van der Waals surface area contributed by atoms with Crippen molar-refractivity contribution in [3.63, 3.8) is 0 Å². The van der Waals surface area contributed by atoms with Gasteiger partial charge in [0.05, 0.1) is 24.8 Å². The second-order valence-electron chi connectivity index (χ2n) is 5.07. The minimum Gasteiger partial charge on any atom is -0.508 e. The fourth-order valence-corrected chi connectivity index (χ4v) is 1.71. The molecule has 0 unspecified atom stereocenters. The summed E-state index contributed by atoms with van der Waals surface area (Å²) in [6.45, 7) is 2.49. The minimum atomic E-state index is -0.398. The fraction of sp³-hybridized carbons (Fsp3) is 0.263. The molecule has 26 heavy (non-hydrogen) atoms. The zero-order chi connectivity index (χ0) is 18.7. The zero-order valence-corrected chi connectivity index (χ0v) is 17.2. The van der Waals surface area contributed by atoms with Gasteiger partial charge in [0.2, 0.25) is 0 Å². The summed E-state index contributed by atoms with van der Waals surface area (Å²) in [4.78, 5) is 22.1. The summed E-state index contributed by atoms with van der Waals surface area (Å²) in [6, 6.07) is 11.9. The molecule has 0 spiro atoms. The summed E-state index contributed by atoms with van der Waals surface area (Å²) in [6.07, 6.45) is 1.88. The van der Waals surface area contributed by atoms with E-state index >= 15 is 0 Å². The van der Waals surface area contributed by atoms with Crippen molar-refractivity contribution in [2.45, 2.75) is 19.8 Å². The molecule has 2 N–H and O–H groups in total. The van der Waals surface area contributed by atoms with Crippen LogP contribution in [0.4, 0.5) is 0 Å². The largest absolute Gasteiger partial charge is 0.508 e. The SMILES string of the molecule is CCCCOC(=O)c1ccc(O)cc1.COC(=O)c1ccc(O)cc1.[Ca]. The van der Waals surface area contributed by atoms with Gasteiger partial charge in [-0.1, -0.05) is 13.3 Å². The van der Waals surface area contributed by atoms with Crippen LogP contribution in [0.15, 0.2) is 48.5 Å². The summed E-state index contributed by atoms with van der Waals surface area (Å²) < 4.78 is 9.44. The number of esters is 2. The Morgan fingerprint density at radius 3 is 1.65 bits per heavy atom. The Kier molecular flexibility index (Phi) is 12.5. The molecule has 0 aliphatic heterocycles. The standard InChI is InChI=1S/C11H14O3.C8H8O3.Ca/c1-2-3-8-14-11(13)9-4-6-10(12)7-5-9;1-11-8(10)6-2-4-7(9)5-3-6;/h4-7,12H,2-3,8H2,1H3;2-5,9H,1H3;. The number of carbonyl (C=O) groups is 2. The summed E-state index contributed by atoms with van der Waals surface area (Å²) in [5.41, 5.74) is 0.907. The van der Waals surface area contributed by atoms with Gasteiger partial charge in [0.25, 0.3) is 0 Å². The van der Waals surface area contributed by atoms with E-state index in [1.54, 1.807) is 12.1 Å². The monoisotopic (exact) mass is 386 g/mol. The Balaban J connectivity index is 0.000000475. The molecule has 2 aromatic carbocycles. The number of hydrogen-bond acceptors (Lipinski definition) is 6. The molecule has 2 rings (SSSR count). The van der Waals surface area contributed by atoms with E-state index in [1.165, 1.54) is 43.5 Å². The molecular weight excluding hydrogens is 364 g/mol. The number of aromatic hydroxyl groups is 2. The van der Waals surface area contributed by atoms with Crippen LogP contribution >= 0.6 is 0 Å². The normalized spacial score (nSPS) is 9.15. The molecule has 7 heteroatoms. The van der Waals surface area contributed by atoms with Gasteiger partial charge in [-0.3, -0.25) is 0 Å². The average Bonchev–Trinajstić information content (AvgIpc) is 2.63. The number of unbranched alkanes of at least 4 members (excludes halogenated alkanes) is 1. The van der Waals surface area contributed by atoms with E-state index in [0.717, 1.165) is 12.8 Å². The number of benzene rings is 2. The molecule has 136 valence electrons. The Bertz CT molecular complexity index is 667. The Hall–Kier alpha value is -1.76. The maximum atomic E-state index is 11.3. The van der Waals surface area contributed by atoms with Crippen LogP contribution in [0.5, 0.6) is 11.5 Å². The first-order chi connectivity index (χ1) is 12.0. The second kappa shape index (κ2) is 13.4. The number of methoxy groups -OCH3 is 1. The third-order valence-corrected chi connectivity index (χ3v) is 3.12. The molecule has 0 atom stereocenters. The first-order valence-electron chi connectivity index (χ1n) is 7.81. The van der Waals surface area contributed by atoms with Gasteiger partial charge >= 0.3 is 11.9 Å². The van der Waals surface area contributed by atoms with E-state index in [9.17, 15) is 9.59 Å². The van der Waals surface area contributed by atoms with Crippen molar-refractivity contribution in [3.05, 3.63) is 59.7 Å². The maximum Gasteiger partial charge on any atom is 0.338 e. The Morgan fingerprint density at radius 1 is 0.846 bits per heavy atom. The van der Waals surface area contributed by atoms with Gasteiger partial charge in [-0.05, 0) is 55.0 Å². The van der Waals surface area contributed by atoms with Crippen LogP contribution in [0, 0.1) is 0 Å². The predicted molar refractivity (Wildman–Crippen MR) is 98.5 cm³/mol. The van der Waals surface area contributed by atoms with E-state index in [-0.39, 0.29) is 55.2 Å². The number of carbonyl (C=O) groups excluding carboxylic acids is 2. The molecule has 0 aromatic heterocycles. The van der Waals surface area contributed by atoms with Gasteiger partial charge in [0.1, 0.15) is 11.5 Å². The molecule has 0 amide bonds. The molecule has 0 heterocycles. The molecular formula is C19H22CaO6. The topological polar surface area (TPSA) is 93.1 Å². The quantitative estimate of drug-likeness (QED) is 0.466. The van der Waals surface area contributed by atoms with E-state index in [1.807, 2.05) is 6.92 Å². The van der Waals surface area contributed by atoms with E-state index in [0.29, 0.717) is 17.7 Å². The van der Waals surface area contributed by atoms with Crippen LogP contribution in [0.1, 0.15) is 40.5 Å². The molecule has 6 nitrogen and oxygen atoms in total. The van der Waals surface area contributed by atoms with E-state index < -0.39 is 5.97 Å². The summed E-state index contributed by atoms with van der Waals surface area (Å²) in [7, 11) is 1.31. The molecule has 2 aromatic rings. The number of rotatable bonds is 5. The molecule has 0 bridgehead atoms. The summed E-state index contributed by atoms with van der Waals surface area (Å²) in [5, 5.41) is 17.9. The van der Waals surface area contributed by atoms with Crippen molar-refractivity contribution in [3.8, 4) is 11.5 Å². The second-order valence-corrected chi connectivity index (χ2v) is 5.07.